The van der Waals surface area contributed by atoms with Crippen LogP contribution >= 0.6 is 0 Å². The summed E-state index contributed by atoms with van der Waals surface area (Å²) in [6.45, 7) is 2.78. The van der Waals surface area contributed by atoms with Gasteiger partial charge in [-0.2, -0.15) is 0 Å². The van der Waals surface area contributed by atoms with Crippen molar-refractivity contribution >= 4 is 11.9 Å². The molecule has 2 aromatic rings. The van der Waals surface area contributed by atoms with Crippen molar-refractivity contribution in [3.63, 3.8) is 0 Å². The Hall–Kier alpha value is -2.73. The lowest BCUT2D eigenvalue weighted by Gasteiger charge is -2.33. The molecule has 0 aromatic heterocycles. The van der Waals surface area contributed by atoms with Crippen LogP contribution in [0.1, 0.15) is 37.9 Å². The van der Waals surface area contributed by atoms with E-state index in [1.807, 2.05) is 0 Å². The van der Waals surface area contributed by atoms with Crippen LogP contribution in [-0.4, -0.2) is 41.6 Å². The third-order valence-electron chi connectivity index (χ3n) is 4.15. The van der Waals surface area contributed by atoms with Gasteiger partial charge in [-0.3, -0.25) is 4.79 Å². The second kappa shape index (κ2) is 7.03. The quantitative estimate of drug-likeness (QED) is 0.930. The standard InChI is InChI=1S/C19H18FNO4/c1-12-7-14(9-15(8-12)19(23)24)18(22)21-5-6-25-17(11-21)13-3-2-4-16(20)10-13/h2-4,7-10,17H,5-6,11H2,1H3,(H,23,24). The predicted molar refractivity (Wildman–Crippen MR) is 89.1 cm³/mol. The number of carboxylic acid groups (broad SMARTS) is 1. The zero-order valence-corrected chi connectivity index (χ0v) is 13.7. The number of morpholine rings is 1. The molecule has 1 saturated heterocycles. The Balaban J connectivity index is 1.82. The van der Waals surface area contributed by atoms with Gasteiger partial charge < -0.3 is 14.7 Å². The van der Waals surface area contributed by atoms with Crippen LogP contribution in [0, 0.1) is 12.7 Å². The number of nitrogens with zero attached hydrogens (tertiary/aromatic N) is 1. The number of hydrogen-bond donors (Lipinski definition) is 1. The number of carbonyl (C=O) groups is 2. The number of carboxylic acids is 1. The van der Waals surface area contributed by atoms with E-state index in [-0.39, 0.29) is 17.3 Å². The zero-order chi connectivity index (χ0) is 18.0. The summed E-state index contributed by atoms with van der Waals surface area (Å²) in [5.41, 5.74) is 1.79. The number of carbonyl (C=O) groups excluding carboxylic acids is 1. The Kier molecular flexibility index (Phi) is 4.81. The first-order valence-electron chi connectivity index (χ1n) is 7.95. The number of hydrogen-bond acceptors (Lipinski definition) is 3. The topological polar surface area (TPSA) is 66.8 Å². The summed E-state index contributed by atoms with van der Waals surface area (Å²) in [5.74, 6) is -1.68. The molecule has 6 heteroatoms. The smallest absolute Gasteiger partial charge is 0.335 e. The molecule has 1 aliphatic heterocycles. The van der Waals surface area contributed by atoms with Gasteiger partial charge in [-0.05, 0) is 48.4 Å². The van der Waals surface area contributed by atoms with E-state index in [2.05, 4.69) is 0 Å². The molecule has 0 aliphatic carbocycles. The van der Waals surface area contributed by atoms with E-state index in [1.54, 1.807) is 30.0 Å². The SMILES string of the molecule is Cc1cc(C(=O)O)cc(C(=O)N2CCOC(c3cccc(F)c3)C2)c1. The largest absolute Gasteiger partial charge is 0.478 e. The van der Waals surface area contributed by atoms with Gasteiger partial charge in [-0.15, -0.1) is 0 Å². The van der Waals surface area contributed by atoms with Crippen LogP contribution in [-0.2, 0) is 4.74 Å². The van der Waals surface area contributed by atoms with Crippen molar-refractivity contribution in [1.29, 1.82) is 0 Å². The van der Waals surface area contributed by atoms with Gasteiger partial charge in [0.1, 0.15) is 11.9 Å². The van der Waals surface area contributed by atoms with Crippen LogP contribution in [0.2, 0.25) is 0 Å². The van der Waals surface area contributed by atoms with Crippen molar-refractivity contribution in [3.8, 4) is 0 Å². The highest BCUT2D eigenvalue weighted by Gasteiger charge is 2.27. The molecular formula is C19H18FNO4. The van der Waals surface area contributed by atoms with Crippen molar-refractivity contribution in [2.45, 2.75) is 13.0 Å². The number of benzene rings is 2. The molecule has 3 rings (SSSR count). The molecular weight excluding hydrogens is 325 g/mol. The molecule has 5 nitrogen and oxygen atoms in total. The number of rotatable bonds is 3. The minimum absolute atomic E-state index is 0.0817. The van der Waals surface area contributed by atoms with Crippen molar-refractivity contribution in [3.05, 3.63) is 70.5 Å². The fourth-order valence-electron chi connectivity index (χ4n) is 2.95. The van der Waals surface area contributed by atoms with Crippen LogP contribution in [0.4, 0.5) is 4.39 Å². The van der Waals surface area contributed by atoms with E-state index in [0.717, 1.165) is 0 Å². The molecule has 0 saturated carbocycles. The van der Waals surface area contributed by atoms with Gasteiger partial charge in [0.2, 0.25) is 0 Å². The maximum atomic E-state index is 13.4. The second-order valence-corrected chi connectivity index (χ2v) is 6.06. The average molecular weight is 343 g/mol. The molecule has 2 aromatic carbocycles. The van der Waals surface area contributed by atoms with Crippen LogP contribution in [0.15, 0.2) is 42.5 Å². The molecule has 0 bridgehead atoms. The summed E-state index contributed by atoms with van der Waals surface area (Å²) < 4.78 is 19.1. The van der Waals surface area contributed by atoms with E-state index in [0.29, 0.717) is 36.4 Å². The third-order valence-corrected chi connectivity index (χ3v) is 4.15. The number of aromatic carboxylic acids is 1. The molecule has 0 spiro atoms. The lowest BCUT2D eigenvalue weighted by molar-refractivity contribution is -0.0229. The molecule has 25 heavy (non-hydrogen) atoms. The van der Waals surface area contributed by atoms with Crippen LogP contribution in [0.3, 0.4) is 0 Å². The maximum absolute atomic E-state index is 13.4. The lowest BCUT2D eigenvalue weighted by Crippen LogP contribution is -2.42. The van der Waals surface area contributed by atoms with Crippen molar-refractivity contribution in [1.82, 2.24) is 4.90 Å². The average Bonchev–Trinajstić information content (AvgIpc) is 2.60. The van der Waals surface area contributed by atoms with Gasteiger partial charge in [-0.1, -0.05) is 12.1 Å². The Morgan fingerprint density at radius 1 is 1.20 bits per heavy atom. The fourth-order valence-corrected chi connectivity index (χ4v) is 2.95. The van der Waals surface area contributed by atoms with E-state index in [4.69, 9.17) is 9.84 Å². The summed E-state index contributed by atoms with van der Waals surface area (Å²) in [4.78, 5) is 25.6. The summed E-state index contributed by atoms with van der Waals surface area (Å²) in [5, 5.41) is 9.16. The van der Waals surface area contributed by atoms with Crippen LogP contribution in [0.5, 0.6) is 0 Å². The number of halogens is 1. The number of ether oxygens (including phenoxy) is 1. The first-order chi connectivity index (χ1) is 11.9. The van der Waals surface area contributed by atoms with Gasteiger partial charge in [0.05, 0.1) is 18.7 Å². The monoisotopic (exact) mass is 343 g/mol. The molecule has 0 radical (unpaired) electrons. The zero-order valence-electron chi connectivity index (χ0n) is 13.7. The molecule has 1 heterocycles. The molecule has 1 fully saturated rings. The highest BCUT2D eigenvalue weighted by molar-refractivity contribution is 5.97. The van der Waals surface area contributed by atoms with Crippen LogP contribution < -0.4 is 0 Å². The maximum Gasteiger partial charge on any atom is 0.335 e. The van der Waals surface area contributed by atoms with E-state index >= 15 is 0 Å². The van der Waals surface area contributed by atoms with Gasteiger partial charge in [0.25, 0.3) is 5.91 Å². The number of amides is 1. The van der Waals surface area contributed by atoms with Crippen molar-refractivity contribution in [2.75, 3.05) is 19.7 Å². The number of aryl methyl sites for hydroxylation is 1. The van der Waals surface area contributed by atoms with Crippen molar-refractivity contribution < 1.29 is 23.8 Å². The molecule has 1 unspecified atom stereocenters. The van der Waals surface area contributed by atoms with E-state index in [1.165, 1.54) is 24.3 Å². The second-order valence-electron chi connectivity index (χ2n) is 6.06. The molecule has 130 valence electrons. The highest BCUT2D eigenvalue weighted by Crippen LogP contribution is 2.24. The Morgan fingerprint density at radius 2 is 1.96 bits per heavy atom. The first kappa shape index (κ1) is 17.1. The Bertz CT molecular complexity index is 821. The molecule has 1 amide bonds. The predicted octanol–water partition coefficient (Wildman–Crippen LogP) is 3.05. The van der Waals surface area contributed by atoms with Crippen molar-refractivity contribution in [2.24, 2.45) is 0 Å². The fraction of sp³-hybridized carbons (Fsp3) is 0.263. The lowest BCUT2D eigenvalue weighted by atomic mass is 10.0. The third kappa shape index (κ3) is 3.85. The molecule has 1 atom stereocenters. The van der Waals surface area contributed by atoms with Gasteiger partial charge in [0.15, 0.2) is 0 Å². The van der Waals surface area contributed by atoms with Crippen LogP contribution in [0.25, 0.3) is 0 Å². The molecule has 1 aliphatic rings. The minimum Gasteiger partial charge on any atom is -0.478 e. The summed E-state index contributed by atoms with van der Waals surface area (Å²) in [6, 6.07) is 10.7. The summed E-state index contributed by atoms with van der Waals surface area (Å²) >= 11 is 0. The summed E-state index contributed by atoms with van der Waals surface area (Å²) in [6.07, 6.45) is -0.405. The Morgan fingerprint density at radius 3 is 2.68 bits per heavy atom. The molecule has 1 N–H and O–H groups in total. The normalized spacial score (nSPS) is 17.4. The van der Waals surface area contributed by atoms with E-state index in [9.17, 15) is 14.0 Å². The van der Waals surface area contributed by atoms with Gasteiger partial charge in [-0.25, -0.2) is 9.18 Å². The Labute approximate surface area is 144 Å². The summed E-state index contributed by atoms with van der Waals surface area (Å²) in [7, 11) is 0. The highest BCUT2D eigenvalue weighted by atomic mass is 19.1. The van der Waals surface area contributed by atoms with E-state index < -0.39 is 12.1 Å². The first-order valence-corrected chi connectivity index (χ1v) is 7.95. The van der Waals surface area contributed by atoms with Gasteiger partial charge in [0, 0.05) is 12.1 Å². The van der Waals surface area contributed by atoms with Gasteiger partial charge >= 0.3 is 5.97 Å². The minimum atomic E-state index is -1.07.